The van der Waals surface area contributed by atoms with Crippen LogP contribution in [0, 0.1) is 3.57 Å². The van der Waals surface area contributed by atoms with Crippen LogP contribution in [-0.4, -0.2) is 30.8 Å². The minimum absolute atomic E-state index is 0.204. The third-order valence-electron chi connectivity index (χ3n) is 2.47. The van der Waals surface area contributed by atoms with Gasteiger partial charge in [-0.2, -0.15) is 0 Å². The van der Waals surface area contributed by atoms with Crippen molar-refractivity contribution in [3.05, 3.63) is 33.4 Å². The molecule has 0 heterocycles. The van der Waals surface area contributed by atoms with Crippen LogP contribution in [0.25, 0.3) is 0 Å². The Kier molecular flexibility index (Phi) is 5.98. The molecule has 0 aliphatic carbocycles. The Morgan fingerprint density at radius 2 is 1.94 bits per heavy atom. The van der Waals surface area contributed by atoms with Gasteiger partial charge in [0.1, 0.15) is 0 Å². The fraction of sp³-hybridized carbons (Fsp3) is 0.462. The molecule has 0 saturated carbocycles. The van der Waals surface area contributed by atoms with Crippen molar-refractivity contribution >= 4 is 28.4 Å². The Hall–Kier alpha value is -0.420. The SMILES string of the molecule is CCCCN(C)CC(=O)c1ccc(I)cc1. The third-order valence-corrected chi connectivity index (χ3v) is 3.19. The van der Waals surface area contributed by atoms with E-state index in [0.717, 1.165) is 22.1 Å². The Balaban J connectivity index is 2.48. The van der Waals surface area contributed by atoms with Crippen LogP contribution in [0.2, 0.25) is 0 Å². The fourth-order valence-electron chi connectivity index (χ4n) is 1.48. The lowest BCUT2D eigenvalue weighted by atomic mass is 10.1. The number of benzene rings is 1. The predicted molar refractivity (Wildman–Crippen MR) is 75.9 cm³/mol. The first-order valence-electron chi connectivity index (χ1n) is 5.60. The summed E-state index contributed by atoms with van der Waals surface area (Å²) in [6.45, 7) is 3.67. The van der Waals surface area contributed by atoms with Crippen molar-refractivity contribution in [2.45, 2.75) is 19.8 Å². The normalized spacial score (nSPS) is 10.8. The van der Waals surface area contributed by atoms with E-state index in [-0.39, 0.29) is 5.78 Å². The Morgan fingerprint density at radius 1 is 1.31 bits per heavy atom. The Labute approximate surface area is 111 Å². The van der Waals surface area contributed by atoms with Gasteiger partial charge in [-0.1, -0.05) is 25.5 Å². The van der Waals surface area contributed by atoms with E-state index in [9.17, 15) is 4.79 Å². The summed E-state index contributed by atoms with van der Waals surface area (Å²) in [5.74, 6) is 0.204. The van der Waals surface area contributed by atoms with Crippen LogP contribution >= 0.6 is 22.6 Å². The fourth-order valence-corrected chi connectivity index (χ4v) is 1.84. The molecule has 3 heteroatoms. The molecule has 0 aliphatic heterocycles. The van der Waals surface area contributed by atoms with E-state index in [4.69, 9.17) is 0 Å². The summed E-state index contributed by atoms with van der Waals surface area (Å²) in [4.78, 5) is 14.0. The lowest BCUT2D eigenvalue weighted by Crippen LogP contribution is -2.26. The molecule has 0 N–H and O–H groups in total. The molecule has 0 saturated heterocycles. The molecule has 0 radical (unpaired) electrons. The summed E-state index contributed by atoms with van der Waals surface area (Å²) in [5, 5.41) is 0. The van der Waals surface area contributed by atoms with Crippen LogP contribution in [0.15, 0.2) is 24.3 Å². The predicted octanol–water partition coefficient (Wildman–Crippen LogP) is 3.21. The van der Waals surface area contributed by atoms with Gasteiger partial charge in [-0.3, -0.25) is 9.69 Å². The summed E-state index contributed by atoms with van der Waals surface area (Å²) in [5.41, 5.74) is 0.809. The molecule has 0 spiro atoms. The minimum Gasteiger partial charge on any atom is -0.299 e. The van der Waals surface area contributed by atoms with Crippen LogP contribution < -0.4 is 0 Å². The number of halogens is 1. The van der Waals surface area contributed by atoms with Crippen LogP contribution in [0.1, 0.15) is 30.1 Å². The van der Waals surface area contributed by atoms with E-state index < -0.39 is 0 Å². The highest BCUT2D eigenvalue weighted by Crippen LogP contribution is 2.08. The second-order valence-electron chi connectivity index (χ2n) is 4.02. The Morgan fingerprint density at radius 3 is 2.50 bits per heavy atom. The van der Waals surface area contributed by atoms with E-state index in [0.29, 0.717) is 6.54 Å². The van der Waals surface area contributed by atoms with Gasteiger partial charge in [0, 0.05) is 9.13 Å². The summed E-state index contributed by atoms with van der Waals surface area (Å²) in [6, 6.07) is 7.75. The van der Waals surface area contributed by atoms with E-state index in [1.165, 1.54) is 6.42 Å². The number of carbonyl (C=O) groups is 1. The van der Waals surface area contributed by atoms with Gasteiger partial charge in [0.15, 0.2) is 5.78 Å². The first kappa shape index (κ1) is 13.6. The van der Waals surface area contributed by atoms with Gasteiger partial charge >= 0.3 is 0 Å². The van der Waals surface area contributed by atoms with Crippen molar-refractivity contribution in [3.8, 4) is 0 Å². The van der Waals surface area contributed by atoms with Gasteiger partial charge in [-0.25, -0.2) is 0 Å². The molecule has 2 nitrogen and oxygen atoms in total. The summed E-state index contributed by atoms with van der Waals surface area (Å²) in [6.07, 6.45) is 2.32. The Bertz CT molecular complexity index is 334. The molecular weight excluding hydrogens is 313 g/mol. The van der Waals surface area contributed by atoms with Crippen LogP contribution in [0.3, 0.4) is 0 Å². The van der Waals surface area contributed by atoms with E-state index >= 15 is 0 Å². The van der Waals surface area contributed by atoms with Crippen molar-refractivity contribution in [2.75, 3.05) is 20.1 Å². The maximum atomic E-state index is 11.9. The highest BCUT2D eigenvalue weighted by molar-refractivity contribution is 14.1. The highest BCUT2D eigenvalue weighted by Gasteiger charge is 2.08. The molecule has 1 aromatic rings. The van der Waals surface area contributed by atoms with Crippen molar-refractivity contribution in [1.29, 1.82) is 0 Å². The average molecular weight is 331 g/mol. The first-order valence-corrected chi connectivity index (χ1v) is 6.68. The molecule has 0 amide bonds. The lowest BCUT2D eigenvalue weighted by molar-refractivity contribution is 0.0945. The molecule has 0 aliphatic rings. The maximum Gasteiger partial charge on any atom is 0.176 e. The van der Waals surface area contributed by atoms with E-state index in [2.05, 4.69) is 34.4 Å². The number of ketones is 1. The number of carbonyl (C=O) groups excluding carboxylic acids is 1. The average Bonchev–Trinajstić information content (AvgIpc) is 2.27. The number of hydrogen-bond acceptors (Lipinski definition) is 2. The molecule has 1 rings (SSSR count). The van der Waals surface area contributed by atoms with Crippen molar-refractivity contribution in [2.24, 2.45) is 0 Å². The zero-order valence-electron chi connectivity index (χ0n) is 9.87. The standard InChI is InChI=1S/C13H18INO/c1-3-4-9-15(2)10-13(16)11-5-7-12(14)8-6-11/h5-8H,3-4,9-10H2,1-2H3. The molecule has 0 fully saturated rings. The van der Waals surface area contributed by atoms with Gasteiger partial charge in [0.05, 0.1) is 6.54 Å². The quantitative estimate of drug-likeness (QED) is 0.589. The number of rotatable bonds is 6. The van der Waals surface area contributed by atoms with Gasteiger partial charge < -0.3 is 0 Å². The third kappa shape index (κ3) is 4.61. The topological polar surface area (TPSA) is 20.3 Å². The van der Waals surface area contributed by atoms with Crippen molar-refractivity contribution in [1.82, 2.24) is 4.90 Å². The molecule has 1 aromatic carbocycles. The highest BCUT2D eigenvalue weighted by atomic mass is 127. The molecule has 0 atom stereocenters. The number of unbranched alkanes of at least 4 members (excludes halogenated alkanes) is 1. The van der Waals surface area contributed by atoms with E-state index in [1.54, 1.807) is 0 Å². The molecule has 16 heavy (non-hydrogen) atoms. The molecule has 0 bridgehead atoms. The summed E-state index contributed by atoms with van der Waals surface area (Å²) < 4.78 is 1.16. The first-order chi connectivity index (χ1) is 7.63. The molecule has 0 unspecified atom stereocenters. The van der Waals surface area contributed by atoms with Gasteiger partial charge in [-0.15, -0.1) is 0 Å². The maximum absolute atomic E-state index is 11.9. The largest absolute Gasteiger partial charge is 0.299 e. The second-order valence-corrected chi connectivity index (χ2v) is 5.27. The minimum atomic E-state index is 0.204. The molecule has 88 valence electrons. The van der Waals surface area contributed by atoms with E-state index in [1.807, 2.05) is 31.3 Å². The number of likely N-dealkylation sites (N-methyl/N-ethyl adjacent to an activating group) is 1. The van der Waals surface area contributed by atoms with Gasteiger partial charge in [0.25, 0.3) is 0 Å². The van der Waals surface area contributed by atoms with Crippen molar-refractivity contribution < 1.29 is 4.79 Å². The van der Waals surface area contributed by atoms with Crippen LogP contribution in [0.5, 0.6) is 0 Å². The summed E-state index contributed by atoms with van der Waals surface area (Å²) in [7, 11) is 2.00. The van der Waals surface area contributed by atoms with Crippen molar-refractivity contribution in [3.63, 3.8) is 0 Å². The zero-order valence-corrected chi connectivity index (χ0v) is 12.0. The second kappa shape index (κ2) is 7.01. The van der Waals surface area contributed by atoms with Crippen LogP contribution in [0.4, 0.5) is 0 Å². The smallest absolute Gasteiger partial charge is 0.176 e. The van der Waals surface area contributed by atoms with Gasteiger partial charge in [0.2, 0.25) is 0 Å². The van der Waals surface area contributed by atoms with Gasteiger partial charge in [-0.05, 0) is 54.7 Å². The van der Waals surface area contributed by atoms with Crippen LogP contribution in [-0.2, 0) is 0 Å². The number of Topliss-reactive ketones (excluding diaryl/α,β-unsaturated/α-hetero) is 1. The lowest BCUT2D eigenvalue weighted by Gasteiger charge is -2.14. The zero-order chi connectivity index (χ0) is 12.0. The number of hydrogen-bond donors (Lipinski definition) is 0. The molecule has 0 aromatic heterocycles. The monoisotopic (exact) mass is 331 g/mol. The molecular formula is C13H18INO. The summed E-state index contributed by atoms with van der Waals surface area (Å²) >= 11 is 2.24. The number of nitrogens with zero attached hydrogens (tertiary/aromatic N) is 1.